The standard InChI is InChI=1S/C29H34N2O5/c1-21-12-13-26-25(16-21)28(33)24(20-36-26)18-31(17-22-8-4-3-5-9-22)27(32)19-30(14-7-15-35-2)29(34)23-10-6-11-23/h3-5,8-9,12-13,16,20,23H,6-7,10-11,14-15,17-19H2,1-2H3. The lowest BCUT2D eigenvalue weighted by atomic mass is 9.84. The van der Waals surface area contributed by atoms with Gasteiger partial charge in [-0.2, -0.15) is 0 Å². The van der Waals surface area contributed by atoms with E-state index in [0.29, 0.717) is 42.6 Å². The average Bonchev–Trinajstić information content (AvgIpc) is 2.84. The van der Waals surface area contributed by atoms with Gasteiger partial charge in [-0.1, -0.05) is 48.4 Å². The topological polar surface area (TPSA) is 80.1 Å². The van der Waals surface area contributed by atoms with Gasteiger partial charge in [0.1, 0.15) is 5.58 Å². The summed E-state index contributed by atoms with van der Waals surface area (Å²) < 4.78 is 10.9. The van der Waals surface area contributed by atoms with Crippen molar-refractivity contribution in [1.82, 2.24) is 9.80 Å². The second-order valence-corrected chi connectivity index (χ2v) is 9.56. The first-order chi connectivity index (χ1) is 17.5. The number of benzene rings is 2. The lowest BCUT2D eigenvalue weighted by Gasteiger charge is -2.33. The van der Waals surface area contributed by atoms with E-state index >= 15 is 0 Å². The monoisotopic (exact) mass is 490 g/mol. The molecule has 0 spiro atoms. The van der Waals surface area contributed by atoms with Crippen LogP contribution in [0.5, 0.6) is 0 Å². The van der Waals surface area contributed by atoms with Crippen LogP contribution in [0.3, 0.4) is 0 Å². The van der Waals surface area contributed by atoms with Crippen LogP contribution in [0.25, 0.3) is 11.0 Å². The van der Waals surface area contributed by atoms with Gasteiger partial charge in [0.25, 0.3) is 0 Å². The second kappa shape index (κ2) is 12.0. The van der Waals surface area contributed by atoms with E-state index in [0.717, 1.165) is 30.4 Å². The average molecular weight is 491 g/mol. The van der Waals surface area contributed by atoms with Crippen molar-refractivity contribution in [2.45, 2.75) is 45.7 Å². The van der Waals surface area contributed by atoms with E-state index in [1.54, 1.807) is 23.0 Å². The molecule has 1 saturated carbocycles. The number of hydrogen-bond donors (Lipinski definition) is 0. The van der Waals surface area contributed by atoms with Crippen LogP contribution < -0.4 is 5.43 Å². The summed E-state index contributed by atoms with van der Waals surface area (Å²) in [7, 11) is 1.63. The first kappa shape index (κ1) is 25.6. The highest BCUT2D eigenvalue weighted by Crippen LogP contribution is 2.28. The van der Waals surface area contributed by atoms with Crippen LogP contribution in [0.1, 0.15) is 42.4 Å². The molecule has 0 N–H and O–H groups in total. The smallest absolute Gasteiger partial charge is 0.242 e. The Morgan fingerprint density at radius 1 is 1.06 bits per heavy atom. The number of fused-ring (bicyclic) bond motifs is 1. The third-order valence-corrected chi connectivity index (χ3v) is 6.80. The lowest BCUT2D eigenvalue weighted by molar-refractivity contribution is -0.145. The molecule has 2 aromatic carbocycles. The fraction of sp³-hybridized carbons (Fsp3) is 0.414. The number of ether oxygens (including phenoxy) is 1. The van der Waals surface area contributed by atoms with Crippen molar-refractivity contribution in [1.29, 1.82) is 0 Å². The number of aryl methyl sites for hydroxylation is 1. The predicted octanol–water partition coefficient (Wildman–Crippen LogP) is 4.30. The van der Waals surface area contributed by atoms with Crippen molar-refractivity contribution in [3.63, 3.8) is 0 Å². The van der Waals surface area contributed by atoms with Crippen molar-refractivity contribution >= 4 is 22.8 Å². The summed E-state index contributed by atoms with van der Waals surface area (Å²) in [6.45, 7) is 3.31. The Kier molecular flexibility index (Phi) is 8.54. The number of amides is 2. The third-order valence-electron chi connectivity index (χ3n) is 6.80. The molecule has 7 nitrogen and oxygen atoms in total. The van der Waals surface area contributed by atoms with Gasteiger partial charge in [-0.25, -0.2) is 0 Å². The van der Waals surface area contributed by atoms with Crippen molar-refractivity contribution in [3.8, 4) is 0 Å². The van der Waals surface area contributed by atoms with Crippen LogP contribution in [-0.2, 0) is 27.4 Å². The summed E-state index contributed by atoms with van der Waals surface area (Å²) in [5, 5.41) is 0.501. The molecule has 190 valence electrons. The van der Waals surface area contributed by atoms with Crippen molar-refractivity contribution in [2.24, 2.45) is 5.92 Å². The van der Waals surface area contributed by atoms with Crippen molar-refractivity contribution in [3.05, 3.63) is 81.7 Å². The summed E-state index contributed by atoms with van der Waals surface area (Å²) in [4.78, 5) is 43.3. The molecule has 4 rings (SSSR count). The van der Waals surface area contributed by atoms with Crippen molar-refractivity contribution < 1.29 is 18.7 Å². The largest absolute Gasteiger partial charge is 0.464 e. The van der Waals surface area contributed by atoms with Gasteiger partial charge in [-0.3, -0.25) is 14.4 Å². The molecule has 7 heteroatoms. The molecule has 2 amide bonds. The Labute approximate surface area is 211 Å². The maximum Gasteiger partial charge on any atom is 0.242 e. The Balaban J connectivity index is 1.59. The van der Waals surface area contributed by atoms with E-state index in [1.165, 1.54) is 6.26 Å². The van der Waals surface area contributed by atoms with Gasteiger partial charge in [-0.05, 0) is 43.9 Å². The van der Waals surface area contributed by atoms with E-state index in [-0.39, 0.29) is 36.3 Å². The normalized spacial score (nSPS) is 13.4. The molecule has 1 heterocycles. The first-order valence-corrected chi connectivity index (χ1v) is 12.6. The number of carbonyl (C=O) groups excluding carboxylic acids is 2. The molecule has 0 aliphatic heterocycles. The number of carbonyl (C=O) groups is 2. The molecule has 0 radical (unpaired) electrons. The molecule has 0 atom stereocenters. The van der Waals surface area contributed by atoms with Crippen LogP contribution in [0.15, 0.2) is 64.0 Å². The Morgan fingerprint density at radius 3 is 2.53 bits per heavy atom. The summed E-state index contributed by atoms with van der Waals surface area (Å²) in [5.41, 5.74) is 2.70. The van der Waals surface area contributed by atoms with Crippen LogP contribution >= 0.6 is 0 Å². The summed E-state index contributed by atoms with van der Waals surface area (Å²) in [6.07, 6.45) is 4.90. The number of rotatable bonds is 11. The van der Waals surface area contributed by atoms with Gasteiger partial charge >= 0.3 is 0 Å². The highest BCUT2D eigenvalue weighted by atomic mass is 16.5. The van der Waals surface area contributed by atoms with E-state index < -0.39 is 0 Å². The predicted molar refractivity (Wildman–Crippen MR) is 138 cm³/mol. The molecule has 0 saturated heterocycles. The minimum absolute atomic E-state index is 0.00121. The molecule has 0 bridgehead atoms. The number of hydrogen-bond acceptors (Lipinski definition) is 5. The maximum absolute atomic E-state index is 13.6. The van der Waals surface area contributed by atoms with E-state index in [9.17, 15) is 14.4 Å². The van der Waals surface area contributed by atoms with E-state index in [4.69, 9.17) is 9.15 Å². The Bertz CT molecular complexity index is 1250. The molecule has 36 heavy (non-hydrogen) atoms. The molecule has 1 aromatic heterocycles. The molecular formula is C29H34N2O5. The zero-order chi connectivity index (χ0) is 25.5. The molecular weight excluding hydrogens is 456 g/mol. The molecule has 1 aliphatic rings. The van der Waals surface area contributed by atoms with Crippen LogP contribution in [0.2, 0.25) is 0 Å². The van der Waals surface area contributed by atoms with Gasteiger partial charge < -0.3 is 19.0 Å². The zero-order valence-electron chi connectivity index (χ0n) is 21.1. The Hall–Kier alpha value is -3.45. The molecule has 0 unspecified atom stereocenters. The second-order valence-electron chi connectivity index (χ2n) is 9.56. The summed E-state index contributed by atoms with van der Waals surface area (Å²) >= 11 is 0. The lowest BCUT2D eigenvalue weighted by Crippen LogP contribution is -2.46. The maximum atomic E-state index is 13.6. The zero-order valence-corrected chi connectivity index (χ0v) is 21.1. The van der Waals surface area contributed by atoms with E-state index in [1.807, 2.05) is 49.4 Å². The van der Waals surface area contributed by atoms with Gasteiger partial charge in [0.05, 0.1) is 30.3 Å². The van der Waals surface area contributed by atoms with E-state index in [2.05, 4.69) is 0 Å². The summed E-state index contributed by atoms with van der Waals surface area (Å²) in [5.74, 6) is -0.169. The summed E-state index contributed by atoms with van der Waals surface area (Å²) in [6, 6.07) is 15.1. The van der Waals surface area contributed by atoms with Crippen LogP contribution in [-0.4, -0.2) is 48.4 Å². The minimum atomic E-state index is -0.201. The number of methoxy groups -OCH3 is 1. The quantitative estimate of drug-likeness (QED) is 0.375. The molecule has 1 aliphatic carbocycles. The first-order valence-electron chi connectivity index (χ1n) is 12.6. The third kappa shape index (κ3) is 6.21. The van der Waals surface area contributed by atoms with Gasteiger partial charge in [0.15, 0.2) is 5.43 Å². The fourth-order valence-electron chi connectivity index (χ4n) is 4.48. The van der Waals surface area contributed by atoms with Gasteiger partial charge in [0.2, 0.25) is 11.8 Å². The minimum Gasteiger partial charge on any atom is -0.464 e. The van der Waals surface area contributed by atoms with Gasteiger partial charge in [-0.15, -0.1) is 0 Å². The Morgan fingerprint density at radius 2 is 1.83 bits per heavy atom. The number of nitrogens with zero attached hydrogens (tertiary/aromatic N) is 2. The van der Waals surface area contributed by atoms with Crippen LogP contribution in [0, 0.1) is 12.8 Å². The van der Waals surface area contributed by atoms with Crippen LogP contribution in [0.4, 0.5) is 0 Å². The van der Waals surface area contributed by atoms with Gasteiger partial charge in [0, 0.05) is 32.7 Å². The molecule has 3 aromatic rings. The highest BCUT2D eigenvalue weighted by Gasteiger charge is 2.31. The SMILES string of the molecule is COCCCN(CC(=O)N(Cc1ccccc1)Cc1coc2ccc(C)cc2c1=O)C(=O)C1CCC1. The van der Waals surface area contributed by atoms with Crippen molar-refractivity contribution in [2.75, 3.05) is 26.8 Å². The highest BCUT2D eigenvalue weighted by molar-refractivity contribution is 5.86. The fourth-order valence-corrected chi connectivity index (χ4v) is 4.48. The molecule has 1 fully saturated rings.